The standard InChI is InChI=1S/C15H13FN4O4S/c1-9-14(10(2)24-19-9)25(21,22)20-11-7-17-15(18-8-11)23-13-6-4-3-5-12(13)16/h3-8,20H,1-2H3. The van der Waals surface area contributed by atoms with Gasteiger partial charge >= 0.3 is 6.01 Å². The molecule has 25 heavy (non-hydrogen) atoms. The number of aryl methyl sites for hydroxylation is 2. The van der Waals surface area contributed by atoms with Gasteiger partial charge in [0.2, 0.25) is 0 Å². The molecule has 0 atom stereocenters. The van der Waals surface area contributed by atoms with Crippen molar-refractivity contribution in [1.29, 1.82) is 0 Å². The van der Waals surface area contributed by atoms with Crippen molar-refractivity contribution in [2.75, 3.05) is 4.72 Å². The van der Waals surface area contributed by atoms with Gasteiger partial charge < -0.3 is 9.26 Å². The Bertz CT molecular complexity index is 983. The monoisotopic (exact) mass is 364 g/mol. The van der Waals surface area contributed by atoms with Crippen LogP contribution in [0.3, 0.4) is 0 Å². The third kappa shape index (κ3) is 3.58. The van der Waals surface area contributed by atoms with Gasteiger partial charge in [0.05, 0.1) is 18.1 Å². The van der Waals surface area contributed by atoms with Crippen molar-refractivity contribution in [3.63, 3.8) is 0 Å². The first-order valence-electron chi connectivity index (χ1n) is 7.07. The molecule has 0 amide bonds. The van der Waals surface area contributed by atoms with Crippen molar-refractivity contribution >= 4 is 15.7 Å². The number of rotatable bonds is 5. The number of anilines is 1. The van der Waals surface area contributed by atoms with Crippen LogP contribution in [0.1, 0.15) is 11.5 Å². The Hall–Kier alpha value is -3.01. The molecule has 0 aliphatic carbocycles. The summed E-state index contributed by atoms with van der Waals surface area (Å²) in [5, 5.41) is 3.61. The van der Waals surface area contributed by atoms with E-state index in [9.17, 15) is 12.8 Å². The van der Waals surface area contributed by atoms with Crippen LogP contribution >= 0.6 is 0 Å². The number of nitrogens with zero attached hydrogens (tertiary/aromatic N) is 3. The Kier molecular flexibility index (Phi) is 4.36. The molecule has 1 N–H and O–H groups in total. The Morgan fingerprint density at radius 1 is 1.16 bits per heavy atom. The molecule has 3 rings (SSSR count). The van der Waals surface area contributed by atoms with Crippen LogP contribution < -0.4 is 9.46 Å². The second-order valence-corrected chi connectivity index (χ2v) is 6.66. The van der Waals surface area contributed by atoms with Crippen molar-refractivity contribution in [2.24, 2.45) is 0 Å². The lowest BCUT2D eigenvalue weighted by Crippen LogP contribution is -2.15. The van der Waals surface area contributed by atoms with Gasteiger partial charge in [-0.25, -0.2) is 22.8 Å². The fourth-order valence-electron chi connectivity index (χ4n) is 2.11. The average molecular weight is 364 g/mol. The van der Waals surface area contributed by atoms with E-state index in [-0.39, 0.29) is 33.8 Å². The maximum absolute atomic E-state index is 13.5. The molecule has 0 bridgehead atoms. The minimum Gasteiger partial charge on any atom is -0.421 e. The van der Waals surface area contributed by atoms with Gasteiger partial charge in [-0.15, -0.1) is 0 Å². The van der Waals surface area contributed by atoms with Gasteiger partial charge in [0.15, 0.2) is 22.2 Å². The Morgan fingerprint density at radius 2 is 1.84 bits per heavy atom. The predicted octanol–water partition coefficient (Wildman–Crippen LogP) is 2.81. The first kappa shape index (κ1) is 16.8. The SMILES string of the molecule is Cc1noc(C)c1S(=O)(=O)Nc1cnc(Oc2ccccc2F)nc1. The largest absolute Gasteiger partial charge is 0.421 e. The average Bonchev–Trinajstić information content (AvgIpc) is 2.91. The van der Waals surface area contributed by atoms with Crippen molar-refractivity contribution in [1.82, 2.24) is 15.1 Å². The van der Waals surface area contributed by atoms with Gasteiger partial charge in [-0.2, -0.15) is 0 Å². The van der Waals surface area contributed by atoms with Crippen LogP contribution in [0.4, 0.5) is 10.1 Å². The minimum absolute atomic E-state index is 0.0356. The van der Waals surface area contributed by atoms with Gasteiger partial charge in [0.25, 0.3) is 10.0 Å². The number of sulfonamides is 1. The number of aromatic nitrogens is 3. The van der Waals surface area contributed by atoms with Gasteiger partial charge in [-0.1, -0.05) is 17.3 Å². The highest BCUT2D eigenvalue weighted by Gasteiger charge is 2.24. The fourth-order valence-corrected chi connectivity index (χ4v) is 3.47. The summed E-state index contributed by atoms with van der Waals surface area (Å²) in [6, 6.07) is 5.67. The molecule has 130 valence electrons. The molecule has 0 fully saturated rings. The van der Waals surface area contributed by atoms with E-state index in [1.807, 2.05) is 0 Å². The molecule has 0 saturated heterocycles. The molecule has 8 nitrogen and oxygen atoms in total. The summed E-state index contributed by atoms with van der Waals surface area (Å²) in [5.41, 5.74) is 0.353. The van der Waals surface area contributed by atoms with Gasteiger partial charge in [-0.05, 0) is 26.0 Å². The molecule has 0 saturated carbocycles. The van der Waals surface area contributed by atoms with E-state index >= 15 is 0 Å². The van der Waals surface area contributed by atoms with E-state index < -0.39 is 15.8 Å². The van der Waals surface area contributed by atoms with Crippen LogP contribution in [0.2, 0.25) is 0 Å². The van der Waals surface area contributed by atoms with Crippen LogP contribution in [0.15, 0.2) is 46.1 Å². The third-order valence-corrected chi connectivity index (χ3v) is 4.78. The normalized spacial score (nSPS) is 11.3. The number of para-hydroxylation sites is 1. The molecule has 0 unspecified atom stereocenters. The molecule has 0 radical (unpaired) electrons. The van der Waals surface area contributed by atoms with E-state index in [1.54, 1.807) is 6.07 Å². The number of benzene rings is 1. The molecule has 0 spiro atoms. The summed E-state index contributed by atoms with van der Waals surface area (Å²) < 4.78 is 50.7. The molecule has 2 aromatic heterocycles. The topological polar surface area (TPSA) is 107 Å². The minimum atomic E-state index is -3.90. The van der Waals surface area contributed by atoms with Crippen LogP contribution in [-0.2, 0) is 10.0 Å². The Balaban J connectivity index is 1.78. The molecule has 2 heterocycles. The molecular weight excluding hydrogens is 351 g/mol. The Morgan fingerprint density at radius 3 is 2.44 bits per heavy atom. The summed E-state index contributed by atoms with van der Waals surface area (Å²) in [5.74, 6) is -0.425. The van der Waals surface area contributed by atoms with E-state index in [2.05, 4.69) is 19.8 Å². The Labute approximate surface area is 142 Å². The first-order chi connectivity index (χ1) is 11.9. The van der Waals surface area contributed by atoms with Crippen LogP contribution in [0.5, 0.6) is 11.8 Å². The van der Waals surface area contributed by atoms with Crippen molar-refractivity contribution in [3.8, 4) is 11.8 Å². The highest BCUT2D eigenvalue weighted by molar-refractivity contribution is 7.92. The van der Waals surface area contributed by atoms with E-state index in [1.165, 1.54) is 44.4 Å². The van der Waals surface area contributed by atoms with Crippen LogP contribution in [0.25, 0.3) is 0 Å². The van der Waals surface area contributed by atoms with Crippen molar-refractivity contribution in [2.45, 2.75) is 18.7 Å². The zero-order valence-corrected chi connectivity index (χ0v) is 14.0. The second-order valence-electron chi connectivity index (χ2n) is 5.05. The quantitative estimate of drug-likeness (QED) is 0.742. The smallest absolute Gasteiger partial charge is 0.322 e. The number of nitrogens with one attached hydrogen (secondary N) is 1. The molecule has 0 aliphatic rings. The second kappa shape index (κ2) is 6.48. The van der Waals surface area contributed by atoms with Crippen LogP contribution in [-0.4, -0.2) is 23.5 Å². The first-order valence-corrected chi connectivity index (χ1v) is 8.55. The lowest BCUT2D eigenvalue weighted by molar-refractivity contribution is 0.390. The molecular formula is C15H13FN4O4S. The highest BCUT2D eigenvalue weighted by atomic mass is 32.2. The molecule has 10 heteroatoms. The number of ether oxygens (including phenoxy) is 1. The highest BCUT2D eigenvalue weighted by Crippen LogP contribution is 2.24. The summed E-state index contributed by atoms with van der Waals surface area (Å²) in [6.45, 7) is 3.02. The van der Waals surface area contributed by atoms with Crippen molar-refractivity contribution in [3.05, 3.63) is 53.9 Å². The summed E-state index contributed by atoms with van der Waals surface area (Å²) >= 11 is 0. The van der Waals surface area contributed by atoms with Gasteiger partial charge in [-0.3, -0.25) is 4.72 Å². The van der Waals surface area contributed by atoms with E-state index in [4.69, 9.17) is 9.26 Å². The fraction of sp³-hybridized carbons (Fsp3) is 0.133. The lowest BCUT2D eigenvalue weighted by Gasteiger charge is -2.08. The van der Waals surface area contributed by atoms with Crippen molar-refractivity contribution < 1.29 is 22.1 Å². The number of hydrogen-bond acceptors (Lipinski definition) is 7. The van der Waals surface area contributed by atoms with Crippen LogP contribution in [0, 0.1) is 19.7 Å². The maximum Gasteiger partial charge on any atom is 0.322 e. The summed E-state index contributed by atoms with van der Waals surface area (Å²) in [4.78, 5) is 7.68. The summed E-state index contributed by atoms with van der Waals surface area (Å²) in [7, 11) is -3.90. The molecule has 1 aromatic carbocycles. The maximum atomic E-state index is 13.5. The zero-order valence-electron chi connectivity index (χ0n) is 13.2. The van der Waals surface area contributed by atoms with E-state index in [0.717, 1.165) is 0 Å². The summed E-state index contributed by atoms with van der Waals surface area (Å²) in [6.07, 6.45) is 2.41. The van der Waals surface area contributed by atoms with Gasteiger partial charge in [0, 0.05) is 0 Å². The lowest BCUT2D eigenvalue weighted by atomic mass is 10.3. The molecule has 3 aromatic rings. The predicted molar refractivity (Wildman–Crippen MR) is 85.3 cm³/mol. The molecule has 0 aliphatic heterocycles. The number of hydrogen-bond donors (Lipinski definition) is 1. The van der Waals surface area contributed by atoms with Gasteiger partial charge in [0.1, 0.15) is 5.69 Å². The number of halogens is 1. The zero-order chi connectivity index (χ0) is 18.0. The van der Waals surface area contributed by atoms with E-state index in [0.29, 0.717) is 0 Å². The third-order valence-electron chi connectivity index (χ3n) is 3.15.